The van der Waals surface area contributed by atoms with Gasteiger partial charge in [0.15, 0.2) is 0 Å². The Balaban J connectivity index is 2.86. The number of phenolic OH excluding ortho intramolecular Hbond substituents is 1. The molecule has 14 heavy (non-hydrogen) atoms. The summed E-state index contributed by atoms with van der Waals surface area (Å²) < 4.78 is 2.16. The van der Waals surface area contributed by atoms with Gasteiger partial charge in [-0.3, -0.25) is 0 Å². The van der Waals surface area contributed by atoms with E-state index in [1.807, 2.05) is 12.1 Å². The van der Waals surface area contributed by atoms with Crippen molar-refractivity contribution in [1.82, 2.24) is 4.57 Å². The third kappa shape index (κ3) is 1.18. The Kier molecular flexibility index (Phi) is 1.99. The second-order valence-corrected chi connectivity index (χ2v) is 3.96. The van der Waals surface area contributed by atoms with E-state index in [4.69, 9.17) is 0 Å². The lowest BCUT2D eigenvalue weighted by atomic mass is 10.2. The molecule has 1 aromatic carbocycles. The first-order chi connectivity index (χ1) is 6.61. The van der Waals surface area contributed by atoms with Gasteiger partial charge in [0.05, 0.1) is 5.52 Å². The van der Waals surface area contributed by atoms with E-state index in [0.717, 1.165) is 10.9 Å². The number of benzene rings is 1. The van der Waals surface area contributed by atoms with Gasteiger partial charge >= 0.3 is 0 Å². The Hall–Kier alpha value is -1.44. The first-order valence-corrected chi connectivity index (χ1v) is 4.91. The molecular weight excluding hydrogens is 174 g/mol. The van der Waals surface area contributed by atoms with Crippen LogP contribution in [0.1, 0.15) is 25.6 Å². The first kappa shape index (κ1) is 9.13. The lowest BCUT2D eigenvalue weighted by Crippen LogP contribution is -2.01. The zero-order valence-electron chi connectivity index (χ0n) is 8.78. The molecule has 2 aromatic rings. The molecule has 0 saturated heterocycles. The van der Waals surface area contributed by atoms with Crippen molar-refractivity contribution in [2.24, 2.45) is 0 Å². The van der Waals surface area contributed by atoms with Crippen LogP contribution in [0.15, 0.2) is 24.3 Å². The minimum atomic E-state index is 0.365. The molecule has 2 heteroatoms. The molecule has 1 heterocycles. The average molecular weight is 189 g/mol. The van der Waals surface area contributed by atoms with Gasteiger partial charge in [-0.1, -0.05) is 12.1 Å². The number of rotatable bonds is 1. The van der Waals surface area contributed by atoms with Gasteiger partial charge in [-0.25, -0.2) is 0 Å². The van der Waals surface area contributed by atoms with Crippen LogP contribution < -0.4 is 0 Å². The number of nitrogens with zero attached hydrogens (tertiary/aromatic N) is 1. The zero-order valence-corrected chi connectivity index (χ0v) is 8.78. The number of aryl methyl sites for hydroxylation is 1. The smallest absolute Gasteiger partial charge is 0.139 e. The van der Waals surface area contributed by atoms with Crippen molar-refractivity contribution < 1.29 is 5.11 Å². The first-order valence-electron chi connectivity index (χ1n) is 4.91. The van der Waals surface area contributed by atoms with Gasteiger partial charge in [-0.15, -0.1) is 0 Å². The molecule has 0 fully saturated rings. The summed E-state index contributed by atoms with van der Waals surface area (Å²) in [6, 6.07) is 8.12. The summed E-state index contributed by atoms with van der Waals surface area (Å²) >= 11 is 0. The van der Waals surface area contributed by atoms with Gasteiger partial charge in [0.2, 0.25) is 0 Å². The maximum Gasteiger partial charge on any atom is 0.139 e. The van der Waals surface area contributed by atoms with E-state index in [0.29, 0.717) is 11.8 Å². The Morgan fingerprint density at radius 1 is 1.29 bits per heavy atom. The second kappa shape index (κ2) is 3.05. The summed E-state index contributed by atoms with van der Waals surface area (Å²) in [7, 11) is 0. The van der Waals surface area contributed by atoms with Crippen molar-refractivity contribution in [3.8, 4) is 5.75 Å². The molecule has 0 unspecified atom stereocenters. The SMILES string of the molecule is Cc1cc2cccc(O)c2n1C(C)C. The van der Waals surface area contributed by atoms with Crippen LogP contribution >= 0.6 is 0 Å². The molecule has 74 valence electrons. The Morgan fingerprint density at radius 2 is 2.00 bits per heavy atom. The molecular formula is C12H15NO. The van der Waals surface area contributed by atoms with Gasteiger partial charge < -0.3 is 9.67 Å². The van der Waals surface area contributed by atoms with E-state index in [9.17, 15) is 5.11 Å². The van der Waals surface area contributed by atoms with Crippen molar-refractivity contribution in [2.75, 3.05) is 0 Å². The summed E-state index contributed by atoms with van der Waals surface area (Å²) in [5.74, 6) is 0.365. The van der Waals surface area contributed by atoms with Crippen LogP contribution in [-0.4, -0.2) is 9.67 Å². The minimum Gasteiger partial charge on any atom is -0.506 e. The standard InChI is InChI=1S/C12H15NO/c1-8(2)13-9(3)7-10-5-4-6-11(14)12(10)13/h4-8,14H,1-3H3. The van der Waals surface area contributed by atoms with Crippen LogP contribution in [0.25, 0.3) is 10.9 Å². The van der Waals surface area contributed by atoms with E-state index in [-0.39, 0.29) is 0 Å². The average Bonchev–Trinajstić information content (AvgIpc) is 2.42. The monoisotopic (exact) mass is 189 g/mol. The van der Waals surface area contributed by atoms with Crippen molar-refractivity contribution in [3.63, 3.8) is 0 Å². The fourth-order valence-corrected chi connectivity index (χ4v) is 2.06. The number of phenols is 1. The summed E-state index contributed by atoms with van der Waals surface area (Å²) in [6.45, 7) is 6.32. The molecule has 2 nitrogen and oxygen atoms in total. The highest BCUT2D eigenvalue weighted by atomic mass is 16.3. The number of hydrogen-bond acceptors (Lipinski definition) is 1. The van der Waals surface area contributed by atoms with Crippen LogP contribution in [0.4, 0.5) is 0 Å². The van der Waals surface area contributed by atoms with Gasteiger partial charge in [0, 0.05) is 17.1 Å². The zero-order chi connectivity index (χ0) is 10.3. The lowest BCUT2D eigenvalue weighted by Gasteiger charge is -2.12. The van der Waals surface area contributed by atoms with E-state index in [1.165, 1.54) is 5.69 Å². The van der Waals surface area contributed by atoms with Crippen LogP contribution in [-0.2, 0) is 0 Å². The summed E-state index contributed by atoms with van der Waals surface area (Å²) in [5, 5.41) is 10.9. The molecule has 0 saturated carbocycles. The molecule has 0 bridgehead atoms. The molecule has 0 aliphatic rings. The molecule has 0 aliphatic carbocycles. The molecule has 0 amide bonds. The molecule has 1 N–H and O–H groups in total. The number of aromatic hydroxyl groups is 1. The van der Waals surface area contributed by atoms with Crippen molar-refractivity contribution in [1.29, 1.82) is 0 Å². The van der Waals surface area contributed by atoms with E-state index in [2.05, 4.69) is 31.4 Å². The highest BCUT2D eigenvalue weighted by Gasteiger charge is 2.10. The number of para-hydroxylation sites is 1. The van der Waals surface area contributed by atoms with E-state index < -0.39 is 0 Å². The maximum absolute atomic E-state index is 9.79. The molecule has 0 atom stereocenters. The Morgan fingerprint density at radius 3 is 2.64 bits per heavy atom. The summed E-state index contributed by atoms with van der Waals surface area (Å²) in [6.07, 6.45) is 0. The van der Waals surface area contributed by atoms with Gasteiger partial charge in [-0.2, -0.15) is 0 Å². The summed E-state index contributed by atoms with van der Waals surface area (Å²) in [5.41, 5.74) is 2.14. The Bertz CT molecular complexity index is 468. The molecule has 0 spiro atoms. The molecule has 1 aromatic heterocycles. The van der Waals surface area contributed by atoms with Crippen LogP contribution in [0.3, 0.4) is 0 Å². The van der Waals surface area contributed by atoms with Crippen LogP contribution in [0.5, 0.6) is 5.75 Å². The normalized spacial score (nSPS) is 11.4. The van der Waals surface area contributed by atoms with Gasteiger partial charge in [0.25, 0.3) is 0 Å². The Labute approximate surface area is 83.8 Å². The van der Waals surface area contributed by atoms with E-state index in [1.54, 1.807) is 6.07 Å². The molecule has 0 aliphatic heterocycles. The third-order valence-electron chi connectivity index (χ3n) is 2.55. The lowest BCUT2D eigenvalue weighted by molar-refractivity contribution is 0.474. The predicted molar refractivity (Wildman–Crippen MR) is 58.7 cm³/mol. The van der Waals surface area contributed by atoms with Crippen molar-refractivity contribution in [2.45, 2.75) is 26.8 Å². The van der Waals surface area contributed by atoms with Crippen LogP contribution in [0.2, 0.25) is 0 Å². The van der Waals surface area contributed by atoms with Gasteiger partial charge in [-0.05, 0) is 32.9 Å². The second-order valence-electron chi connectivity index (χ2n) is 3.96. The van der Waals surface area contributed by atoms with Crippen LogP contribution in [0, 0.1) is 6.92 Å². The highest BCUT2D eigenvalue weighted by Crippen LogP contribution is 2.30. The number of fused-ring (bicyclic) bond motifs is 1. The van der Waals surface area contributed by atoms with Crippen molar-refractivity contribution in [3.05, 3.63) is 30.0 Å². The largest absolute Gasteiger partial charge is 0.506 e. The third-order valence-corrected chi connectivity index (χ3v) is 2.55. The fourth-order valence-electron chi connectivity index (χ4n) is 2.06. The van der Waals surface area contributed by atoms with Gasteiger partial charge in [0.1, 0.15) is 5.75 Å². The predicted octanol–water partition coefficient (Wildman–Crippen LogP) is 3.24. The highest BCUT2D eigenvalue weighted by molar-refractivity contribution is 5.86. The number of aromatic nitrogens is 1. The van der Waals surface area contributed by atoms with E-state index >= 15 is 0 Å². The topological polar surface area (TPSA) is 25.2 Å². The summed E-state index contributed by atoms with van der Waals surface area (Å²) in [4.78, 5) is 0. The quantitative estimate of drug-likeness (QED) is 0.732. The molecule has 2 rings (SSSR count). The molecule has 0 radical (unpaired) electrons. The fraction of sp³-hybridized carbons (Fsp3) is 0.333. The number of hydrogen-bond donors (Lipinski definition) is 1. The van der Waals surface area contributed by atoms with Crippen molar-refractivity contribution >= 4 is 10.9 Å². The maximum atomic E-state index is 9.79. The minimum absolute atomic E-state index is 0.365.